The Bertz CT molecular complexity index is 1150. The molecular formula is C25H29N3O6. The molecule has 9 heteroatoms. The fraction of sp³-hybridized carbons (Fsp3) is 0.320. The number of amides is 2. The van der Waals surface area contributed by atoms with Gasteiger partial charge in [0.05, 0.1) is 47.3 Å². The molecule has 4 rings (SSSR count). The lowest BCUT2D eigenvalue weighted by molar-refractivity contribution is 0.181. The molecular weight excluding hydrogens is 438 g/mol. The zero-order valence-corrected chi connectivity index (χ0v) is 20.0. The number of anilines is 1. The van der Waals surface area contributed by atoms with Crippen molar-refractivity contribution in [3.05, 3.63) is 59.9 Å². The summed E-state index contributed by atoms with van der Waals surface area (Å²) in [6, 6.07) is 12.6. The van der Waals surface area contributed by atoms with Gasteiger partial charge in [0.2, 0.25) is 5.75 Å². The average Bonchev–Trinajstić information content (AvgIpc) is 3.35. The van der Waals surface area contributed by atoms with Crippen LogP contribution in [-0.2, 0) is 6.54 Å². The summed E-state index contributed by atoms with van der Waals surface area (Å²) in [4.78, 5) is 15.4. The molecule has 180 valence electrons. The number of urea groups is 1. The molecule has 0 unspecified atom stereocenters. The first kappa shape index (κ1) is 23.2. The summed E-state index contributed by atoms with van der Waals surface area (Å²) >= 11 is 0. The molecule has 0 saturated carbocycles. The number of nitrogens with one attached hydrogen (secondary N) is 1. The lowest BCUT2D eigenvalue weighted by Crippen LogP contribution is -2.44. The van der Waals surface area contributed by atoms with E-state index in [9.17, 15) is 4.79 Å². The number of hydrogen-bond donors (Lipinski definition) is 1. The SMILES string of the molecule is COc1ccc([C@H]2c3cccn3CCN2C(=O)Nc2cc(OC)c(OC)c(OC)c2)cc1OC. The standard InChI is InChI=1S/C25H29N3O6/c1-30-19-9-8-16(13-20(19)31-2)23-18-7-6-10-27(18)11-12-28(23)25(29)26-17-14-21(32-3)24(34-5)22(15-17)33-4/h6-10,13-15,23H,11-12H2,1-5H3,(H,26,29)/t23-/m0/s1. The van der Waals surface area contributed by atoms with Crippen LogP contribution in [0, 0.1) is 0 Å². The van der Waals surface area contributed by atoms with Crippen molar-refractivity contribution in [3.8, 4) is 28.7 Å². The van der Waals surface area contributed by atoms with E-state index in [-0.39, 0.29) is 12.1 Å². The molecule has 0 bridgehead atoms. The van der Waals surface area contributed by atoms with Gasteiger partial charge in [-0.1, -0.05) is 6.07 Å². The molecule has 0 saturated heterocycles. The van der Waals surface area contributed by atoms with Crippen LogP contribution < -0.4 is 29.0 Å². The Balaban J connectivity index is 1.70. The van der Waals surface area contributed by atoms with Gasteiger partial charge in [-0.05, 0) is 29.8 Å². The van der Waals surface area contributed by atoms with Gasteiger partial charge >= 0.3 is 6.03 Å². The van der Waals surface area contributed by atoms with Crippen molar-refractivity contribution >= 4 is 11.7 Å². The lowest BCUT2D eigenvalue weighted by Gasteiger charge is -2.37. The molecule has 0 fully saturated rings. The predicted molar refractivity (Wildman–Crippen MR) is 128 cm³/mol. The summed E-state index contributed by atoms with van der Waals surface area (Å²) < 4.78 is 29.3. The van der Waals surface area contributed by atoms with Crippen molar-refractivity contribution < 1.29 is 28.5 Å². The molecule has 0 radical (unpaired) electrons. The molecule has 2 heterocycles. The second-order valence-corrected chi connectivity index (χ2v) is 7.68. The highest BCUT2D eigenvalue weighted by Gasteiger charge is 2.33. The van der Waals surface area contributed by atoms with Crippen molar-refractivity contribution in [3.63, 3.8) is 0 Å². The van der Waals surface area contributed by atoms with Crippen LogP contribution in [0.2, 0.25) is 0 Å². The smallest absolute Gasteiger partial charge is 0.322 e. The first-order valence-electron chi connectivity index (χ1n) is 10.8. The minimum absolute atomic E-state index is 0.249. The normalized spacial score (nSPS) is 14.7. The van der Waals surface area contributed by atoms with Crippen molar-refractivity contribution in [1.82, 2.24) is 9.47 Å². The number of fused-ring (bicyclic) bond motifs is 1. The molecule has 1 aliphatic rings. The van der Waals surface area contributed by atoms with Gasteiger partial charge in [0.15, 0.2) is 23.0 Å². The summed E-state index contributed by atoms with van der Waals surface area (Å²) in [5.41, 5.74) is 2.46. The summed E-state index contributed by atoms with van der Waals surface area (Å²) in [6.07, 6.45) is 2.03. The van der Waals surface area contributed by atoms with Gasteiger partial charge in [-0.2, -0.15) is 0 Å². The molecule has 1 N–H and O–H groups in total. The van der Waals surface area contributed by atoms with Gasteiger partial charge in [0.25, 0.3) is 0 Å². The Morgan fingerprint density at radius 2 is 1.50 bits per heavy atom. The molecule has 34 heavy (non-hydrogen) atoms. The summed E-state index contributed by atoms with van der Waals surface area (Å²) in [5.74, 6) is 2.61. The molecule has 2 amide bonds. The Morgan fingerprint density at radius 3 is 2.12 bits per heavy atom. The van der Waals surface area contributed by atoms with Crippen LogP contribution in [0.3, 0.4) is 0 Å². The van der Waals surface area contributed by atoms with Crippen LogP contribution in [0.1, 0.15) is 17.3 Å². The highest BCUT2D eigenvalue weighted by Crippen LogP contribution is 2.41. The topological polar surface area (TPSA) is 83.4 Å². The molecule has 1 aromatic heterocycles. The third-order valence-electron chi connectivity index (χ3n) is 5.94. The van der Waals surface area contributed by atoms with E-state index in [4.69, 9.17) is 23.7 Å². The van der Waals surface area contributed by atoms with Gasteiger partial charge < -0.3 is 38.5 Å². The van der Waals surface area contributed by atoms with E-state index in [0.29, 0.717) is 47.5 Å². The zero-order chi connectivity index (χ0) is 24.2. The third-order valence-corrected chi connectivity index (χ3v) is 5.94. The van der Waals surface area contributed by atoms with Crippen LogP contribution in [0.4, 0.5) is 10.5 Å². The second kappa shape index (κ2) is 9.86. The van der Waals surface area contributed by atoms with Crippen molar-refractivity contribution in [2.75, 3.05) is 47.4 Å². The maximum atomic E-state index is 13.6. The monoisotopic (exact) mass is 467 g/mol. The highest BCUT2D eigenvalue weighted by atomic mass is 16.5. The molecule has 0 spiro atoms. The summed E-state index contributed by atoms with van der Waals surface area (Å²) in [6.45, 7) is 1.21. The molecule has 2 aromatic carbocycles. The molecule has 3 aromatic rings. The molecule has 0 aliphatic carbocycles. The highest BCUT2D eigenvalue weighted by molar-refractivity contribution is 5.91. The number of aromatic nitrogens is 1. The van der Waals surface area contributed by atoms with Crippen LogP contribution >= 0.6 is 0 Å². The number of carbonyl (C=O) groups is 1. The fourth-order valence-corrected chi connectivity index (χ4v) is 4.32. The van der Waals surface area contributed by atoms with Crippen LogP contribution in [0.25, 0.3) is 0 Å². The van der Waals surface area contributed by atoms with E-state index < -0.39 is 0 Å². The van der Waals surface area contributed by atoms with Crippen molar-refractivity contribution in [2.45, 2.75) is 12.6 Å². The average molecular weight is 468 g/mol. The van der Waals surface area contributed by atoms with Crippen LogP contribution in [0.5, 0.6) is 28.7 Å². The largest absolute Gasteiger partial charge is 0.493 e. The van der Waals surface area contributed by atoms with E-state index in [0.717, 1.165) is 11.3 Å². The van der Waals surface area contributed by atoms with E-state index in [1.807, 2.05) is 36.5 Å². The minimum atomic E-state index is -0.314. The lowest BCUT2D eigenvalue weighted by atomic mass is 9.99. The minimum Gasteiger partial charge on any atom is -0.493 e. The van der Waals surface area contributed by atoms with Gasteiger partial charge in [-0.25, -0.2) is 4.79 Å². The van der Waals surface area contributed by atoms with Crippen molar-refractivity contribution in [1.29, 1.82) is 0 Å². The Morgan fingerprint density at radius 1 is 0.824 bits per heavy atom. The Kier molecular flexibility index (Phi) is 6.72. The number of carbonyl (C=O) groups excluding carboxylic acids is 1. The number of nitrogens with zero attached hydrogens (tertiary/aromatic N) is 2. The molecule has 1 atom stereocenters. The van der Waals surface area contributed by atoms with Crippen molar-refractivity contribution in [2.24, 2.45) is 0 Å². The van der Waals surface area contributed by atoms with Gasteiger partial charge in [0.1, 0.15) is 0 Å². The summed E-state index contributed by atoms with van der Waals surface area (Å²) in [5, 5.41) is 2.99. The third kappa shape index (κ3) is 4.16. The Hall–Kier alpha value is -4.01. The maximum absolute atomic E-state index is 13.6. The van der Waals surface area contributed by atoms with E-state index >= 15 is 0 Å². The van der Waals surface area contributed by atoms with Gasteiger partial charge in [-0.3, -0.25) is 0 Å². The van der Waals surface area contributed by atoms with Crippen LogP contribution in [-0.4, -0.2) is 57.6 Å². The summed E-state index contributed by atoms with van der Waals surface area (Å²) in [7, 11) is 7.80. The molecule has 9 nitrogen and oxygen atoms in total. The second-order valence-electron chi connectivity index (χ2n) is 7.68. The van der Waals surface area contributed by atoms with Gasteiger partial charge in [0, 0.05) is 37.1 Å². The first-order chi connectivity index (χ1) is 16.5. The number of ether oxygens (including phenoxy) is 5. The first-order valence-corrected chi connectivity index (χ1v) is 10.8. The molecule has 1 aliphatic heterocycles. The quantitative estimate of drug-likeness (QED) is 0.562. The van der Waals surface area contributed by atoms with E-state index in [2.05, 4.69) is 9.88 Å². The zero-order valence-electron chi connectivity index (χ0n) is 20.0. The Labute approximate surface area is 198 Å². The van der Waals surface area contributed by atoms with Crippen LogP contribution in [0.15, 0.2) is 48.7 Å². The number of methoxy groups -OCH3 is 5. The number of rotatable bonds is 7. The fourth-order valence-electron chi connectivity index (χ4n) is 4.32. The maximum Gasteiger partial charge on any atom is 0.322 e. The van der Waals surface area contributed by atoms with E-state index in [1.54, 1.807) is 31.3 Å². The number of hydrogen-bond acceptors (Lipinski definition) is 6. The van der Waals surface area contributed by atoms with Gasteiger partial charge in [-0.15, -0.1) is 0 Å². The van der Waals surface area contributed by atoms with E-state index in [1.165, 1.54) is 21.3 Å². The number of benzene rings is 2. The predicted octanol–water partition coefficient (Wildman–Crippen LogP) is 4.17.